The SMILES string of the molecule is O=C(COc1ccc(Cl)cc1)NCCC(O)c1ccccc1. The highest BCUT2D eigenvalue weighted by molar-refractivity contribution is 6.30. The van der Waals surface area contributed by atoms with Gasteiger partial charge in [0, 0.05) is 11.6 Å². The maximum atomic E-state index is 11.7. The third kappa shape index (κ3) is 5.39. The topological polar surface area (TPSA) is 58.6 Å². The van der Waals surface area contributed by atoms with Crippen molar-refractivity contribution in [2.24, 2.45) is 0 Å². The summed E-state index contributed by atoms with van der Waals surface area (Å²) >= 11 is 5.76. The predicted molar refractivity (Wildman–Crippen MR) is 86.0 cm³/mol. The number of hydrogen-bond donors (Lipinski definition) is 2. The minimum Gasteiger partial charge on any atom is -0.484 e. The molecule has 0 aromatic heterocycles. The first-order chi connectivity index (χ1) is 10.6. The van der Waals surface area contributed by atoms with Gasteiger partial charge in [-0.3, -0.25) is 4.79 Å². The molecule has 2 N–H and O–H groups in total. The number of aliphatic hydroxyl groups excluding tert-OH is 1. The van der Waals surface area contributed by atoms with Crippen LogP contribution in [-0.2, 0) is 4.79 Å². The Morgan fingerprint density at radius 3 is 2.50 bits per heavy atom. The molecule has 0 spiro atoms. The molecule has 1 unspecified atom stereocenters. The predicted octanol–water partition coefficient (Wildman–Crippen LogP) is 2.96. The van der Waals surface area contributed by atoms with Crippen LogP contribution in [0.25, 0.3) is 0 Å². The van der Waals surface area contributed by atoms with E-state index in [1.165, 1.54) is 0 Å². The number of carbonyl (C=O) groups excluding carboxylic acids is 1. The van der Waals surface area contributed by atoms with Crippen LogP contribution in [0.2, 0.25) is 5.02 Å². The maximum absolute atomic E-state index is 11.7. The van der Waals surface area contributed by atoms with Crippen LogP contribution < -0.4 is 10.1 Å². The van der Waals surface area contributed by atoms with Crippen molar-refractivity contribution in [3.8, 4) is 5.75 Å². The van der Waals surface area contributed by atoms with E-state index in [9.17, 15) is 9.90 Å². The maximum Gasteiger partial charge on any atom is 0.257 e. The van der Waals surface area contributed by atoms with E-state index in [-0.39, 0.29) is 12.5 Å². The van der Waals surface area contributed by atoms with Gasteiger partial charge in [0.1, 0.15) is 5.75 Å². The Morgan fingerprint density at radius 1 is 1.14 bits per heavy atom. The molecular formula is C17H18ClNO3. The lowest BCUT2D eigenvalue weighted by atomic mass is 10.1. The zero-order chi connectivity index (χ0) is 15.8. The fourth-order valence-corrected chi connectivity index (χ4v) is 2.05. The number of benzene rings is 2. The van der Waals surface area contributed by atoms with E-state index >= 15 is 0 Å². The second-order valence-corrected chi connectivity index (χ2v) is 5.24. The molecule has 2 aromatic rings. The first-order valence-corrected chi connectivity index (χ1v) is 7.41. The summed E-state index contributed by atoms with van der Waals surface area (Å²) in [5, 5.41) is 13.3. The number of halogens is 1. The van der Waals surface area contributed by atoms with Crippen LogP contribution in [-0.4, -0.2) is 24.2 Å². The van der Waals surface area contributed by atoms with E-state index in [4.69, 9.17) is 16.3 Å². The van der Waals surface area contributed by atoms with Gasteiger partial charge in [-0.1, -0.05) is 41.9 Å². The normalized spacial score (nSPS) is 11.7. The van der Waals surface area contributed by atoms with Crippen LogP contribution in [0, 0.1) is 0 Å². The molecular weight excluding hydrogens is 302 g/mol. The van der Waals surface area contributed by atoms with E-state index in [2.05, 4.69) is 5.32 Å². The van der Waals surface area contributed by atoms with Crippen molar-refractivity contribution in [2.45, 2.75) is 12.5 Å². The number of nitrogens with one attached hydrogen (secondary N) is 1. The van der Waals surface area contributed by atoms with Gasteiger partial charge in [-0.15, -0.1) is 0 Å². The fourth-order valence-electron chi connectivity index (χ4n) is 1.92. The molecule has 22 heavy (non-hydrogen) atoms. The Morgan fingerprint density at radius 2 is 1.82 bits per heavy atom. The van der Waals surface area contributed by atoms with Crippen LogP contribution in [0.4, 0.5) is 0 Å². The first kappa shape index (κ1) is 16.3. The summed E-state index contributed by atoms with van der Waals surface area (Å²) in [7, 11) is 0. The van der Waals surface area contributed by atoms with Crippen LogP contribution in [0.1, 0.15) is 18.1 Å². The molecule has 2 aromatic carbocycles. The Labute approximate surface area is 134 Å². The average Bonchev–Trinajstić information content (AvgIpc) is 2.55. The van der Waals surface area contributed by atoms with E-state index < -0.39 is 6.10 Å². The van der Waals surface area contributed by atoms with Gasteiger partial charge in [0.2, 0.25) is 0 Å². The number of rotatable bonds is 7. The van der Waals surface area contributed by atoms with Gasteiger partial charge in [0.05, 0.1) is 6.10 Å². The number of hydrogen-bond acceptors (Lipinski definition) is 3. The molecule has 1 amide bonds. The molecule has 1 atom stereocenters. The molecule has 4 nitrogen and oxygen atoms in total. The fraction of sp³-hybridized carbons (Fsp3) is 0.235. The zero-order valence-electron chi connectivity index (χ0n) is 12.0. The van der Waals surface area contributed by atoms with Crippen molar-refractivity contribution < 1.29 is 14.6 Å². The standard InChI is InChI=1S/C17H18ClNO3/c18-14-6-8-15(9-7-14)22-12-17(21)19-11-10-16(20)13-4-2-1-3-5-13/h1-9,16,20H,10-12H2,(H,19,21). The summed E-state index contributed by atoms with van der Waals surface area (Å²) in [4.78, 5) is 11.7. The second kappa shape index (κ2) is 8.41. The second-order valence-electron chi connectivity index (χ2n) is 4.81. The molecule has 2 rings (SSSR count). The van der Waals surface area contributed by atoms with E-state index in [1.54, 1.807) is 24.3 Å². The van der Waals surface area contributed by atoms with Crippen LogP contribution >= 0.6 is 11.6 Å². The smallest absolute Gasteiger partial charge is 0.257 e. The van der Waals surface area contributed by atoms with Gasteiger partial charge in [-0.25, -0.2) is 0 Å². The first-order valence-electron chi connectivity index (χ1n) is 7.03. The van der Waals surface area contributed by atoms with Crippen molar-refractivity contribution >= 4 is 17.5 Å². The van der Waals surface area contributed by atoms with Crippen LogP contribution in [0.5, 0.6) is 5.75 Å². The highest BCUT2D eigenvalue weighted by Gasteiger charge is 2.08. The van der Waals surface area contributed by atoms with Gasteiger partial charge in [0.25, 0.3) is 5.91 Å². The van der Waals surface area contributed by atoms with Crippen molar-refractivity contribution in [3.63, 3.8) is 0 Å². The number of carbonyl (C=O) groups is 1. The van der Waals surface area contributed by atoms with E-state index in [0.29, 0.717) is 23.7 Å². The van der Waals surface area contributed by atoms with Crippen molar-refractivity contribution in [1.29, 1.82) is 0 Å². The Bertz CT molecular complexity index is 587. The zero-order valence-corrected chi connectivity index (χ0v) is 12.8. The Kier molecular flexibility index (Phi) is 6.25. The summed E-state index contributed by atoms with van der Waals surface area (Å²) in [5.74, 6) is 0.360. The lowest BCUT2D eigenvalue weighted by molar-refractivity contribution is -0.123. The Hall–Kier alpha value is -2.04. The van der Waals surface area contributed by atoms with Gasteiger partial charge in [-0.05, 0) is 36.2 Å². The third-order valence-electron chi connectivity index (χ3n) is 3.11. The molecule has 0 heterocycles. The Balaban J connectivity index is 1.66. The van der Waals surface area contributed by atoms with Gasteiger partial charge in [0.15, 0.2) is 6.61 Å². The van der Waals surface area contributed by atoms with Crippen molar-refractivity contribution in [1.82, 2.24) is 5.32 Å². The van der Waals surface area contributed by atoms with Crippen molar-refractivity contribution in [2.75, 3.05) is 13.2 Å². The molecule has 0 radical (unpaired) electrons. The highest BCUT2D eigenvalue weighted by atomic mass is 35.5. The molecule has 0 bridgehead atoms. The molecule has 0 aliphatic heterocycles. The van der Waals surface area contributed by atoms with Gasteiger partial charge >= 0.3 is 0 Å². The number of aliphatic hydroxyl groups is 1. The molecule has 0 aliphatic carbocycles. The highest BCUT2D eigenvalue weighted by Crippen LogP contribution is 2.16. The largest absolute Gasteiger partial charge is 0.484 e. The van der Waals surface area contributed by atoms with E-state index in [0.717, 1.165) is 5.56 Å². The number of amides is 1. The molecule has 0 saturated carbocycles. The minimum atomic E-state index is -0.585. The molecule has 5 heteroatoms. The molecule has 116 valence electrons. The van der Waals surface area contributed by atoms with Crippen LogP contribution in [0.3, 0.4) is 0 Å². The van der Waals surface area contributed by atoms with Gasteiger partial charge in [-0.2, -0.15) is 0 Å². The third-order valence-corrected chi connectivity index (χ3v) is 3.36. The molecule has 0 saturated heterocycles. The van der Waals surface area contributed by atoms with Gasteiger partial charge < -0.3 is 15.2 Å². The molecule has 0 aliphatic rings. The minimum absolute atomic E-state index is 0.0664. The molecule has 0 fully saturated rings. The summed E-state index contributed by atoms with van der Waals surface area (Å²) in [6.45, 7) is 0.321. The van der Waals surface area contributed by atoms with Crippen molar-refractivity contribution in [3.05, 3.63) is 65.2 Å². The van der Waals surface area contributed by atoms with Crippen LogP contribution in [0.15, 0.2) is 54.6 Å². The monoisotopic (exact) mass is 319 g/mol. The lowest BCUT2D eigenvalue weighted by Crippen LogP contribution is -2.30. The lowest BCUT2D eigenvalue weighted by Gasteiger charge is -2.12. The number of ether oxygens (including phenoxy) is 1. The average molecular weight is 320 g/mol. The summed E-state index contributed by atoms with van der Waals surface area (Å²) in [6.07, 6.45) is -0.129. The van der Waals surface area contributed by atoms with E-state index in [1.807, 2.05) is 30.3 Å². The summed E-state index contributed by atoms with van der Waals surface area (Å²) in [5.41, 5.74) is 0.842. The summed E-state index contributed by atoms with van der Waals surface area (Å²) < 4.78 is 5.33. The quantitative estimate of drug-likeness (QED) is 0.825. The summed E-state index contributed by atoms with van der Waals surface area (Å²) in [6, 6.07) is 16.2.